The quantitative estimate of drug-likeness (QED) is 0.771. The van der Waals surface area contributed by atoms with Gasteiger partial charge in [0.25, 0.3) is 10.0 Å². The number of methoxy groups -OCH3 is 1. The molecule has 1 heterocycles. The van der Waals surface area contributed by atoms with Crippen molar-refractivity contribution in [2.75, 3.05) is 28.6 Å². The molecule has 2 N–H and O–H groups in total. The molecular weight excluding hydrogens is 382 g/mol. The molecule has 0 bridgehead atoms. The zero-order valence-electron chi connectivity index (χ0n) is 15.6. The Morgan fingerprint density at radius 1 is 1.14 bits per heavy atom. The van der Waals surface area contributed by atoms with E-state index in [1.807, 2.05) is 0 Å². The molecule has 2 amide bonds. The van der Waals surface area contributed by atoms with Crippen LogP contribution < -0.4 is 19.7 Å². The molecule has 0 aromatic heterocycles. The van der Waals surface area contributed by atoms with E-state index in [-0.39, 0.29) is 22.5 Å². The molecule has 1 fully saturated rings. The SMILES string of the molecule is COc1cc(S(=O)(=O)Nc2ccc(N3CCCC3=O)cc2)ccc1NC(C)=O. The van der Waals surface area contributed by atoms with Crippen LogP contribution in [0.3, 0.4) is 0 Å². The summed E-state index contributed by atoms with van der Waals surface area (Å²) in [6.07, 6.45) is 1.36. The molecule has 2 aromatic rings. The number of hydrogen-bond donors (Lipinski definition) is 2. The number of anilines is 3. The summed E-state index contributed by atoms with van der Waals surface area (Å²) in [5.74, 6) is 0.0178. The summed E-state index contributed by atoms with van der Waals surface area (Å²) in [6.45, 7) is 2.02. The maximum Gasteiger partial charge on any atom is 0.262 e. The average Bonchev–Trinajstić information content (AvgIpc) is 3.07. The molecule has 1 saturated heterocycles. The normalized spacial score (nSPS) is 14.1. The fraction of sp³-hybridized carbons (Fsp3) is 0.263. The van der Waals surface area contributed by atoms with Crippen LogP contribution >= 0.6 is 0 Å². The van der Waals surface area contributed by atoms with Gasteiger partial charge in [-0.15, -0.1) is 0 Å². The maximum absolute atomic E-state index is 12.7. The van der Waals surface area contributed by atoms with Crippen LogP contribution in [0.25, 0.3) is 0 Å². The van der Waals surface area contributed by atoms with Crippen molar-refractivity contribution in [3.05, 3.63) is 42.5 Å². The largest absolute Gasteiger partial charge is 0.495 e. The van der Waals surface area contributed by atoms with Gasteiger partial charge in [0.2, 0.25) is 11.8 Å². The fourth-order valence-corrected chi connectivity index (χ4v) is 4.05. The van der Waals surface area contributed by atoms with Crippen molar-refractivity contribution < 1.29 is 22.7 Å². The number of nitrogens with zero attached hydrogens (tertiary/aromatic N) is 1. The molecule has 0 saturated carbocycles. The van der Waals surface area contributed by atoms with Crippen molar-refractivity contribution >= 4 is 38.9 Å². The molecule has 28 heavy (non-hydrogen) atoms. The van der Waals surface area contributed by atoms with E-state index < -0.39 is 10.0 Å². The van der Waals surface area contributed by atoms with Gasteiger partial charge in [0.15, 0.2) is 0 Å². The molecule has 1 aliphatic rings. The Hall–Kier alpha value is -3.07. The lowest BCUT2D eigenvalue weighted by molar-refractivity contribution is -0.117. The minimum atomic E-state index is -3.86. The average molecular weight is 403 g/mol. The number of rotatable bonds is 6. The van der Waals surface area contributed by atoms with Gasteiger partial charge in [-0.1, -0.05) is 0 Å². The molecule has 0 radical (unpaired) electrons. The number of nitrogens with one attached hydrogen (secondary N) is 2. The van der Waals surface area contributed by atoms with Crippen LogP contribution in [0, 0.1) is 0 Å². The van der Waals surface area contributed by atoms with Crippen LogP contribution in [0.1, 0.15) is 19.8 Å². The Balaban J connectivity index is 1.79. The number of amides is 2. The smallest absolute Gasteiger partial charge is 0.262 e. The summed E-state index contributed by atoms with van der Waals surface area (Å²) < 4.78 is 33.0. The van der Waals surface area contributed by atoms with Gasteiger partial charge in [0.05, 0.1) is 17.7 Å². The highest BCUT2D eigenvalue weighted by Crippen LogP contribution is 2.29. The van der Waals surface area contributed by atoms with Crippen molar-refractivity contribution in [1.29, 1.82) is 0 Å². The molecule has 2 aromatic carbocycles. The minimum Gasteiger partial charge on any atom is -0.495 e. The Labute approximate surface area is 163 Å². The third-order valence-electron chi connectivity index (χ3n) is 4.30. The minimum absolute atomic E-state index is 0.00255. The van der Waals surface area contributed by atoms with E-state index in [9.17, 15) is 18.0 Å². The highest BCUT2D eigenvalue weighted by molar-refractivity contribution is 7.92. The Kier molecular flexibility index (Phi) is 5.55. The fourth-order valence-electron chi connectivity index (χ4n) is 2.98. The molecule has 148 valence electrons. The predicted molar refractivity (Wildman–Crippen MR) is 106 cm³/mol. The van der Waals surface area contributed by atoms with Crippen molar-refractivity contribution in [2.24, 2.45) is 0 Å². The topological polar surface area (TPSA) is 105 Å². The Morgan fingerprint density at radius 2 is 1.86 bits per heavy atom. The Bertz CT molecular complexity index is 1000. The molecule has 3 rings (SSSR count). The molecule has 0 aliphatic carbocycles. The maximum atomic E-state index is 12.7. The zero-order chi connectivity index (χ0) is 20.3. The predicted octanol–water partition coefficient (Wildman–Crippen LogP) is 2.58. The molecule has 0 spiro atoms. The van der Waals surface area contributed by atoms with E-state index in [0.717, 1.165) is 12.1 Å². The second-order valence-electron chi connectivity index (χ2n) is 6.34. The van der Waals surface area contributed by atoms with Crippen molar-refractivity contribution in [3.8, 4) is 5.75 Å². The van der Waals surface area contributed by atoms with Gasteiger partial charge in [-0.2, -0.15) is 0 Å². The van der Waals surface area contributed by atoms with Gasteiger partial charge >= 0.3 is 0 Å². The monoisotopic (exact) mass is 403 g/mol. The third kappa shape index (κ3) is 4.25. The van der Waals surface area contributed by atoms with E-state index in [1.165, 1.54) is 32.2 Å². The summed E-state index contributed by atoms with van der Waals surface area (Å²) >= 11 is 0. The number of benzene rings is 2. The summed E-state index contributed by atoms with van der Waals surface area (Å²) in [4.78, 5) is 24.7. The second kappa shape index (κ2) is 7.89. The van der Waals surface area contributed by atoms with Crippen LogP contribution in [-0.2, 0) is 19.6 Å². The van der Waals surface area contributed by atoms with Gasteiger partial charge in [-0.05, 0) is 42.8 Å². The van der Waals surface area contributed by atoms with Crippen molar-refractivity contribution in [3.63, 3.8) is 0 Å². The molecule has 1 aliphatic heterocycles. The zero-order valence-corrected chi connectivity index (χ0v) is 16.4. The van der Waals surface area contributed by atoms with E-state index in [2.05, 4.69) is 10.0 Å². The van der Waals surface area contributed by atoms with Gasteiger partial charge in [-0.25, -0.2) is 8.42 Å². The van der Waals surface area contributed by atoms with Crippen LogP contribution in [-0.4, -0.2) is 33.9 Å². The number of carbonyl (C=O) groups excluding carboxylic acids is 2. The van der Waals surface area contributed by atoms with Gasteiger partial charge in [0, 0.05) is 37.3 Å². The van der Waals surface area contributed by atoms with Gasteiger partial charge < -0.3 is 15.0 Å². The third-order valence-corrected chi connectivity index (χ3v) is 5.68. The summed E-state index contributed by atoms with van der Waals surface area (Å²) in [5.41, 5.74) is 1.50. The standard InChI is InChI=1S/C19H21N3O5S/c1-13(23)20-17-10-9-16(12-18(17)27-2)28(25,26)21-14-5-7-15(8-6-14)22-11-3-4-19(22)24/h5-10,12,21H,3-4,11H2,1-2H3,(H,20,23). The van der Waals surface area contributed by atoms with Gasteiger partial charge in [0.1, 0.15) is 5.75 Å². The lowest BCUT2D eigenvalue weighted by Gasteiger charge is -2.16. The molecular formula is C19H21N3O5S. The summed E-state index contributed by atoms with van der Waals surface area (Å²) in [5, 5.41) is 2.58. The van der Waals surface area contributed by atoms with Crippen molar-refractivity contribution in [1.82, 2.24) is 0 Å². The van der Waals surface area contributed by atoms with E-state index in [1.54, 1.807) is 29.2 Å². The molecule has 0 atom stereocenters. The molecule has 9 heteroatoms. The highest BCUT2D eigenvalue weighted by Gasteiger charge is 2.22. The first-order valence-electron chi connectivity index (χ1n) is 8.69. The Morgan fingerprint density at radius 3 is 2.43 bits per heavy atom. The number of carbonyl (C=O) groups is 2. The summed E-state index contributed by atoms with van der Waals surface area (Å²) in [6, 6.07) is 10.8. The number of hydrogen-bond acceptors (Lipinski definition) is 5. The van der Waals surface area contributed by atoms with E-state index >= 15 is 0 Å². The second-order valence-corrected chi connectivity index (χ2v) is 8.03. The first-order chi connectivity index (χ1) is 13.3. The first-order valence-corrected chi connectivity index (χ1v) is 10.2. The number of ether oxygens (including phenoxy) is 1. The summed E-state index contributed by atoms with van der Waals surface area (Å²) in [7, 11) is -2.47. The van der Waals surface area contributed by atoms with Crippen LogP contribution in [0.5, 0.6) is 5.75 Å². The van der Waals surface area contributed by atoms with Crippen molar-refractivity contribution in [2.45, 2.75) is 24.7 Å². The lowest BCUT2D eigenvalue weighted by Crippen LogP contribution is -2.23. The van der Waals surface area contributed by atoms with Crippen LogP contribution in [0.4, 0.5) is 17.1 Å². The lowest BCUT2D eigenvalue weighted by atomic mass is 10.2. The first kappa shape index (κ1) is 19.7. The van der Waals surface area contributed by atoms with E-state index in [0.29, 0.717) is 24.3 Å². The molecule has 0 unspecified atom stereocenters. The van der Waals surface area contributed by atoms with Gasteiger partial charge in [-0.3, -0.25) is 14.3 Å². The van der Waals surface area contributed by atoms with Crippen LogP contribution in [0.2, 0.25) is 0 Å². The number of sulfonamides is 1. The molecule has 8 nitrogen and oxygen atoms in total. The van der Waals surface area contributed by atoms with E-state index in [4.69, 9.17) is 4.74 Å². The van der Waals surface area contributed by atoms with Crippen LogP contribution in [0.15, 0.2) is 47.4 Å². The highest BCUT2D eigenvalue weighted by atomic mass is 32.2.